The predicted octanol–water partition coefficient (Wildman–Crippen LogP) is 7.40. The highest BCUT2D eigenvalue weighted by molar-refractivity contribution is 5.85. The third-order valence-corrected chi connectivity index (χ3v) is 7.03. The number of carbonyl (C=O) groups excluding carboxylic acids is 2. The van der Waals surface area contributed by atoms with Gasteiger partial charge in [0.2, 0.25) is 0 Å². The Kier molecular flexibility index (Phi) is 11.1. The van der Waals surface area contributed by atoms with E-state index in [0.717, 1.165) is 22.3 Å². The zero-order chi connectivity index (χ0) is 29.8. The van der Waals surface area contributed by atoms with Crippen molar-refractivity contribution in [3.63, 3.8) is 0 Å². The normalized spacial score (nSPS) is 12.9. The van der Waals surface area contributed by atoms with Crippen LogP contribution in [0.2, 0.25) is 0 Å². The molecular weight excluding hydrogens is 520 g/mol. The van der Waals surface area contributed by atoms with Crippen LogP contribution < -0.4 is 5.32 Å². The van der Waals surface area contributed by atoms with E-state index in [-0.39, 0.29) is 12.2 Å². The van der Waals surface area contributed by atoms with Crippen LogP contribution in [-0.2, 0) is 35.5 Å². The van der Waals surface area contributed by atoms with Gasteiger partial charge in [-0.05, 0) is 55.9 Å². The van der Waals surface area contributed by atoms with E-state index >= 15 is 0 Å². The topological polar surface area (TPSA) is 58.6 Å². The van der Waals surface area contributed by atoms with E-state index in [0.29, 0.717) is 25.9 Å². The lowest BCUT2D eigenvalue weighted by Crippen LogP contribution is -2.46. The fourth-order valence-corrected chi connectivity index (χ4v) is 5.12. The first-order valence-corrected chi connectivity index (χ1v) is 14.7. The largest absolute Gasteiger partial charge is 0.444 e. The second-order valence-electron chi connectivity index (χ2n) is 11.8. The van der Waals surface area contributed by atoms with Crippen molar-refractivity contribution < 1.29 is 14.3 Å². The monoisotopic (exact) mass is 562 g/mol. The number of Topliss-reactive ketones (excluding diaryl/α,β-unsaturated/α-hetero) is 1. The minimum Gasteiger partial charge on any atom is -0.444 e. The zero-order valence-electron chi connectivity index (χ0n) is 24.9. The van der Waals surface area contributed by atoms with Crippen molar-refractivity contribution in [1.29, 1.82) is 0 Å². The molecule has 0 aromatic heterocycles. The van der Waals surface area contributed by atoms with Gasteiger partial charge >= 0.3 is 6.09 Å². The molecule has 0 spiro atoms. The minimum absolute atomic E-state index is 0.0858. The summed E-state index contributed by atoms with van der Waals surface area (Å²) in [7, 11) is 0. The quantitative estimate of drug-likeness (QED) is 0.185. The van der Waals surface area contributed by atoms with Crippen LogP contribution >= 0.6 is 0 Å². The molecule has 0 heterocycles. The molecule has 1 amide bonds. The summed E-state index contributed by atoms with van der Waals surface area (Å²) in [4.78, 5) is 29.5. The average molecular weight is 563 g/mol. The molecule has 4 aromatic carbocycles. The van der Waals surface area contributed by atoms with Crippen molar-refractivity contribution in [3.05, 3.63) is 144 Å². The van der Waals surface area contributed by atoms with Gasteiger partial charge in [-0.3, -0.25) is 9.69 Å². The Morgan fingerprint density at radius 3 is 1.48 bits per heavy atom. The molecule has 4 aromatic rings. The van der Waals surface area contributed by atoms with Crippen molar-refractivity contribution in [2.24, 2.45) is 0 Å². The Bertz CT molecular complexity index is 1330. The molecule has 0 saturated carbocycles. The van der Waals surface area contributed by atoms with Gasteiger partial charge in [-0.25, -0.2) is 4.79 Å². The van der Waals surface area contributed by atoms with Gasteiger partial charge in [0.05, 0.1) is 6.04 Å². The van der Waals surface area contributed by atoms with E-state index in [2.05, 4.69) is 46.6 Å². The molecule has 218 valence electrons. The molecule has 0 aliphatic heterocycles. The van der Waals surface area contributed by atoms with Crippen LogP contribution in [0.4, 0.5) is 4.79 Å². The average Bonchev–Trinajstić information content (AvgIpc) is 2.96. The second kappa shape index (κ2) is 15.1. The fourth-order valence-electron chi connectivity index (χ4n) is 5.12. The van der Waals surface area contributed by atoms with Gasteiger partial charge in [0, 0.05) is 25.6 Å². The lowest BCUT2D eigenvalue weighted by atomic mass is 9.93. The predicted molar refractivity (Wildman–Crippen MR) is 169 cm³/mol. The maximum Gasteiger partial charge on any atom is 0.407 e. The highest BCUT2D eigenvalue weighted by atomic mass is 16.6. The summed E-state index contributed by atoms with van der Waals surface area (Å²) in [5.41, 5.74) is 3.81. The lowest BCUT2D eigenvalue weighted by Gasteiger charge is -2.32. The molecule has 2 unspecified atom stereocenters. The number of rotatable bonds is 13. The molecule has 5 heteroatoms. The molecular formula is C37H42N2O3. The lowest BCUT2D eigenvalue weighted by molar-refractivity contribution is -0.125. The van der Waals surface area contributed by atoms with Crippen LogP contribution in [-0.4, -0.2) is 34.5 Å². The van der Waals surface area contributed by atoms with Gasteiger partial charge in [-0.15, -0.1) is 0 Å². The van der Waals surface area contributed by atoms with Crippen LogP contribution in [0.25, 0.3) is 0 Å². The van der Waals surface area contributed by atoms with Crippen molar-refractivity contribution in [3.8, 4) is 0 Å². The van der Waals surface area contributed by atoms with Gasteiger partial charge < -0.3 is 10.1 Å². The van der Waals surface area contributed by atoms with Crippen molar-refractivity contribution in [1.82, 2.24) is 10.2 Å². The van der Waals surface area contributed by atoms with Gasteiger partial charge in [0.25, 0.3) is 0 Å². The number of carbonyl (C=O) groups is 2. The molecule has 5 nitrogen and oxygen atoms in total. The first-order valence-electron chi connectivity index (χ1n) is 14.7. The molecule has 0 radical (unpaired) electrons. The zero-order valence-corrected chi connectivity index (χ0v) is 24.9. The van der Waals surface area contributed by atoms with Gasteiger partial charge in [0.1, 0.15) is 5.60 Å². The Labute approximate surface area is 250 Å². The standard InChI is InChI=1S/C37H42N2O3/c1-37(2,3)42-36(41)38-33(24-29-16-8-4-9-17-29)26-35(40)34(25-30-18-10-5-11-19-30)39(27-31-20-12-6-13-21-31)28-32-22-14-7-15-23-32/h4-23,33-34H,24-28H2,1-3H3,(H,38,41). The Morgan fingerprint density at radius 2 is 1.05 bits per heavy atom. The fraction of sp³-hybridized carbons (Fsp3) is 0.297. The van der Waals surface area contributed by atoms with Gasteiger partial charge in [0.15, 0.2) is 5.78 Å². The third-order valence-electron chi connectivity index (χ3n) is 7.03. The number of amides is 1. The maximum absolute atomic E-state index is 14.4. The second-order valence-corrected chi connectivity index (χ2v) is 11.8. The maximum atomic E-state index is 14.4. The first-order chi connectivity index (χ1) is 20.2. The van der Waals surface area contributed by atoms with E-state index in [4.69, 9.17) is 4.74 Å². The molecule has 1 N–H and O–H groups in total. The van der Waals surface area contributed by atoms with E-state index in [1.807, 2.05) is 106 Å². The first kappa shape index (κ1) is 30.7. The van der Waals surface area contributed by atoms with Gasteiger partial charge in [-0.2, -0.15) is 0 Å². The summed E-state index contributed by atoms with van der Waals surface area (Å²) in [5.74, 6) is 0.0858. The van der Waals surface area contributed by atoms with Crippen LogP contribution in [0.5, 0.6) is 0 Å². The summed E-state index contributed by atoms with van der Waals surface area (Å²) in [6.45, 7) is 6.77. The van der Waals surface area contributed by atoms with Crippen LogP contribution in [0.15, 0.2) is 121 Å². The van der Waals surface area contributed by atoms with Crippen molar-refractivity contribution in [2.75, 3.05) is 0 Å². The number of hydrogen-bond acceptors (Lipinski definition) is 4. The highest BCUT2D eigenvalue weighted by Gasteiger charge is 2.30. The summed E-state index contributed by atoms with van der Waals surface area (Å²) < 4.78 is 5.58. The number of ketones is 1. The summed E-state index contributed by atoms with van der Waals surface area (Å²) in [5, 5.41) is 3.01. The highest BCUT2D eigenvalue weighted by Crippen LogP contribution is 2.21. The molecule has 4 rings (SSSR count). The molecule has 0 saturated heterocycles. The summed E-state index contributed by atoms with van der Waals surface area (Å²) in [6.07, 6.45) is 0.776. The molecule has 0 aliphatic carbocycles. The van der Waals surface area contributed by atoms with Gasteiger partial charge in [-0.1, -0.05) is 121 Å². The molecule has 0 aliphatic rings. The SMILES string of the molecule is CC(C)(C)OC(=O)NC(CC(=O)C(Cc1ccccc1)N(Cc1ccccc1)Cc1ccccc1)Cc1ccccc1. The number of benzene rings is 4. The minimum atomic E-state index is -0.636. The van der Waals surface area contributed by atoms with E-state index in [9.17, 15) is 9.59 Å². The van der Waals surface area contributed by atoms with Crippen molar-refractivity contribution in [2.45, 2.75) is 70.8 Å². The number of nitrogens with one attached hydrogen (secondary N) is 1. The number of alkyl carbamates (subject to hydrolysis) is 1. The smallest absolute Gasteiger partial charge is 0.407 e. The Hall–Kier alpha value is -4.22. The number of hydrogen-bond donors (Lipinski definition) is 1. The molecule has 42 heavy (non-hydrogen) atoms. The van der Waals surface area contributed by atoms with Crippen LogP contribution in [0, 0.1) is 0 Å². The van der Waals surface area contributed by atoms with Crippen LogP contribution in [0.3, 0.4) is 0 Å². The molecule has 0 fully saturated rings. The number of nitrogens with zero attached hydrogens (tertiary/aromatic N) is 1. The molecule has 2 atom stereocenters. The summed E-state index contributed by atoms with van der Waals surface area (Å²) in [6, 6.07) is 39.9. The van der Waals surface area contributed by atoms with E-state index in [1.165, 1.54) is 0 Å². The molecule has 0 bridgehead atoms. The Morgan fingerprint density at radius 1 is 0.643 bits per heavy atom. The van der Waals surface area contributed by atoms with E-state index < -0.39 is 23.8 Å². The van der Waals surface area contributed by atoms with Crippen LogP contribution in [0.1, 0.15) is 49.4 Å². The summed E-state index contributed by atoms with van der Waals surface area (Å²) >= 11 is 0. The van der Waals surface area contributed by atoms with Crippen molar-refractivity contribution >= 4 is 11.9 Å². The number of ether oxygens (including phenoxy) is 1. The van der Waals surface area contributed by atoms with E-state index in [1.54, 1.807) is 0 Å². The Balaban J connectivity index is 1.64. The third kappa shape index (κ3) is 10.3.